The first-order valence-electron chi connectivity index (χ1n) is 9.49. The Morgan fingerprint density at radius 1 is 1.14 bits per heavy atom. The van der Waals surface area contributed by atoms with Crippen LogP contribution in [0.4, 0.5) is 0 Å². The number of para-hydroxylation sites is 2. The Bertz CT molecular complexity index is 1010. The third-order valence-corrected chi connectivity index (χ3v) is 5.70. The normalized spacial score (nSPS) is 12.3. The highest BCUT2D eigenvalue weighted by molar-refractivity contribution is 7.99. The lowest BCUT2D eigenvalue weighted by Gasteiger charge is -2.17. The van der Waals surface area contributed by atoms with Gasteiger partial charge in [-0.05, 0) is 37.1 Å². The van der Waals surface area contributed by atoms with Crippen LogP contribution < -0.4 is 10.3 Å². The Morgan fingerprint density at radius 2 is 1.86 bits per heavy atom. The first-order valence-corrected chi connectivity index (χ1v) is 10.5. The van der Waals surface area contributed by atoms with Crippen molar-refractivity contribution in [3.05, 3.63) is 63.9 Å². The fourth-order valence-electron chi connectivity index (χ4n) is 3.06. The molecule has 154 valence electrons. The van der Waals surface area contributed by atoms with Crippen LogP contribution in [0.2, 0.25) is 0 Å². The second kappa shape index (κ2) is 9.91. The molecule has 0 spiro atoms. The summed E-state index contributed by atoms with van der Waals surface area (Å²) >= 11 is 1.34. The molecule has 0 saturated carbocycles. The number of ether oxygens (including phenoxy) is 2. The first kappa shape index (κ1) is 21.4. The molecule has 2 aromatic carbocycles. The number of aliphatic hydroxyl groups excluding tert-OH is 1. The molecule has 1 atom stereocenters. The minimum Gasteiger partial charge on any atom is -0.490 e. The van der Waals surface area contributed by atoms with Crippen molar-refractivity contribution in [1.29, 1.82) is 0 Å². The van der Waals surface area contributed by atoms with Crippen molar-refractivity contribution < 1.29 is 14.6 Å². The standard InChI is InChI=1S/C22H26N2O4S/c1-15-7-6-8-16(2)20(15)28-13-17(25)14-29-22-23-19-10-5-4-9-18(19)21(26)24(22)11-12-27-3/h4-10,17,25H,11-14H2,1-3H3/t17-/m0/s1. The van der Waals surface area contributed by atoms with Gasteiger partial charge in [0.15, 0.2) is 5.16 Å². The third-order valence-electron chi connectivity index (χ3n) is 4.58. The van der Waals surface area contributed by atoms with Crippen LogP contribution in [0.15, 0.2) is 52.4 Å². The summed E-state index contributed by atoms with van der Waals surface area (Å²) < 4.78 is 12.6. The van der Waals surface area contributed by atoms with Gasteiger partial charge in [-0.2, -0.15) is 0 Å². The van der Waals surface area contributed by atoms with Crippen molar-refractivity contribution in [1.82, 2.24) is 9.55 Å². The molecule has 0 radical (unpaired) electrons. The first-order chi connectivity index (χ1) is 14.0. The van der Waals surface area contributed by atoms with Crippen LogP contribution >= 0.6 is 11.8 Å². The van der Waals surface area contributed by atoms with Gasteiger partial charge in [0.05, 0.1) is 30.2 Å². The van der Waals surface area contributed by atoms with Gasteiger partial charge in [0.1, 0.15) is 12.4 Å². The van der Waals surface area contributed by atoms with Gasteiger partial charge in [0, 0.05) is 12.9 Å². The number of benzene rings is 2. The van der Waals surface area contributed by atoms with Crippen LogP contribution in [-0.2, 0) is 11.3 Å². The van der Waals surface area contributed by atoms with E-state index in [1.165, 1.54) is 11.8 Å². The highest BCUT2D eigenvalue weighted by atomic mass is 32.2. The summed E-state index contributed by atoms with van der Waals surface area (Å²) in [6.45, 7) is 4.96. The van der Waals surface area contributed by atoms with E-state index in [0.717, 1.165) is 16.9 Å². The maximum Gasteiger partial charge on any atom is 0.262 e. The van der Waals surface area contributed by atoms with E-state index in [1.54, 1.807) is 17.7 Å². The largest absolute Gasteiger partial charge is 0.490 e. The highest BCUT2D eigenvalue weighted by Crippen LogP contribution is 2.23. The molecule has 0 bridgehead atoms. The van der Waals surface area contributed by atoms with Gasteiger partial charge >= 0.3 is 0 Å². The van der Waals surface area contributed by atoms with Crippen molar-refractivity contribution in [2.45, 2.75) is 31.7 Å². The number of rotatable bonds is 9. The van der Waals surface area contributed by atoms with Crippen molar-refractivity contribution in [3.8, 4) is 5.75 Å². The second-order valence-electron chi connectivity index (χ2n) is 6.86. The van der Waals surface area contributed by atoms with E-state index in [1.807, 2.05) is 50.2 Å². The van der Waals surface area contributed by atoms with E-state index in [4.69, 9.17) is 9.47 Å². The van der Waals surface area contributed by atoms with Crippen LogP contribution in [0.25, 0.3) is 10.9 Å². The Morgan fingerprint density at radius 3 is 2.59 bits per heavy atom. The molecular formula is C22H26N2O4S. The van der Waals surface area contributed by atoms with Gasteiger partial charge in [0.25, 0.3) is 5.56 Å². The number of hydrogen-bond donors (Lipinski definition) is 1. The second-order valence-corrected chi connectivity index (χ2v) is 7.85. The molecule has 29 heavy (non-hydrogen) atoms. The number of fused-ring (bicyclic) bond motifs is 1. The van der Waals surface area contributed by atoms with Crippen molar-refractivity contribution in [2.75, 3.05) is 26.1 Å². The van der Waals surface area contributed by atoms with E-state index < -0.39 is 6.10 Å². The lowest BCUT2D eigenvalue weighted by Crippen LogP contribution is -2.26. The molecule has 0 aliphatic heterocycles. The predicted octanol–water partition coefficient (Wildman–Crippen LogP) is 3.19. The van der Waals surface area contributed by atoms with Crippen LogP contribution in [0.5, 0.6) is 5.75 Å². The quantitative estimate of drug-likeness (QED) is 0.428. The highest BCUT2D eigenvalue weighted by Gasteiger charge is 2.14. The molecule has 0 saturated heterocycles. The lowest BCUT2D eigenvalue weighted by atomic mass is 10.1. The van der Waals surface area contributed by atoms with Gasteiger partial charge in [-0.1, -0.05) is 42.1 Å². The molecule has 0 aliphatic rings. The summed E-state index contributed by atoms with van der Waals surface area (Å²) in [5.74, 6) is 1.17. The summed E-state index contributed by atoms with van der Waals surface area (Å²) in [4.78, 5) is 17.5. The Labute approximate surface area is 174 Å². The van der Waals surface area contributed by atoms with E-state index in [-0.39, 0.29) is 12.2 Å². The SMILES string of the molecule is COCCn1c(SC[C@@H](O)COc2c(C)cccc2C)nc2ccccc2c1=O. The fourth-order valence-corrected chi connectivity index (χ4v) is 3.99. The monoisotopic (exact) mass is 414 g/mol. The minimum atomic E-state index is -0.696. The zero-order chi connectivity index (χ0) is 20.8. The molecular weight excluding hydrogens is 388 g/mol. The molecule has 6 nitrogen and oxygen atoms in total. The molecule has 1 aromatic heterocycles. The lowest BCUT2D eigenvalue weighted by molar-refractivity contribution is 0.125. The Balaban J connectivity index is 1.72. The number of thioether (sulfide) groups is 1. The Kier molecular flexibility index (Phi) is 7.30. The Hall–Kier alpha value is -2.35. The smallest absolute Gasteiger partial charge is 0.262 e. The predicted molar refractivity (Wildman–Crippen MR) is 116 cm³/mol. The third kappa shape index (κ3) is 5.18. The number of hydrogen-bond acceptors (Lipinski definition) is 6. The summed E-state index contributed by atoms with van der Waals surface area (Å²) in [7, 11) is 1.60. The van der Waals surface area contributed by atoms with Gasteiger partial charge in [-0.15, -0.1) is 0 Å². The maximum atomic E-state index is 12.9. The molecule has 0 aliphatic carbocycles. The minimum absolute atomic E-state index is 0.101. The number of aliphatic hydroxyl groups is 1. The van der Waals surface area contributed by atoms with Gasteiger partial charge in [-0.25, -0.2) is 4.98 Å². The maximum absolute atomic E-state index is 12.9. The van der Waals surface area contributed by atoms with E-state index in [2.05, 4.69) is 4.98 Å². The average Bonchev–Trinajstić information content (AvgIpc) is 2.71. The number of methoxy groups -OCH3 is 1. The van der Waals surface area contributed by atoms with Crippen LogP contribution in [0.1, 0.15) is 11.1 Å². The summed E-state index contributed by atoms with van der Waals surface area (Å²) in [6, 6.07) is 13.2. The number of aryl methyl sites for hydroxylation is 2. The van der Waals surface area contributed by atoms with Crippen molar-refractivity contribution >= 4 is 22.7 Å². The molecule has 1 heterocycles. The van der Waals surface area contributed by atoms with Crippen molar-refractivity contribution in [2.24, 2.45) is 0 Å². The van der Waals surface area contributed by atoms with Crippen LogP contribution in [0, 0.1) is 13.8 Å². The van der Waals surface area contributed by atoms with E-state index >= 15 is 0 Å². The summed E-state index contributed by atoms with van der Waals surface area (Å²) in [5, 5.41) is 11.6. The van der Waals surface area contributed by atoms with E-state index in [0.29, 0.717) is 35.0 Å². The van der Waals surface area contributed by atoms with Gasteiger partial charge < -0.3 is 14.6 Å². The molecule has 3 aromatic rings. The zero-order valence-electron chi connectivity index (χ0n) is 16.9. The summed E-state index contributed by atoms with van der Waals surface area (Å²) in [6.07, 6.45) is -0.696. The van der Waals surface area contributed by atoms with Crippen LogP contribution in [0.3, 0.4) is 0 Å². The molecule has 0 amide bonds. The topological polar surface area (TPSA) is 73.6 Å². The van der Waals surface area contributed by atoms with Gasteiger partial charge in [-0.3, -0.25) is 9.36 Å². The molecule has 3 rings (SSSR count). The number of nitrogens with zero attached hydrogens (tertiary/aromatic N) is 2. The zero-order valence-corrected chi connectivity index (χ0v) is 17.7. The molecule has 0 fully saturated rings. The van der Waals surface area contributed by atoms with Crippen molar-refractivity contribution in [3.63, 3.8) is 0 Å². The molecule has 7 heteroatoms. The van der Waals surface area contributed by atoms with Gasteiger partial charge in [0.2, 0.25) is 0 Å². The number of aromatic nitrogens is 2. The summed E-state index contributed by atoms with van der Waals surface area (Å²) in [5.41, 5.74) is 2.62. The molecule has 1 N–H and O–H groups in total. The average molecular weight is 415 g/mol. The van der Waals surface area contributed by atoms with Crippen LogP contribution in [-0.4, -0.2) is 46.8 Å². The molecule has 0 unspecified atom stereocenters. The fraction of sp³-hybridized carbons (Fsp3) is 0.364. The van der Waals surface area contributed by atoms with E-state index in [9.17, 15) is 9.90 Å².